The molecular formula is C9H18N2. The predicted octanol–water partition coefficient (Wildman–Crippen LogP) is 0.690. The quantitative estimate of drug-likeness (QED) is 0.641. The minimum Gasteiger partial charge on any atom is -0.314 e. The second-order valence-electron chi connectivity index (χ2n) is 4.02. The fraction of sp³-hybridized carbons (Fsp3) is 1.00. The van der Waals surface area contributed by atoms with Crippen LogP contribution in [0.5, 0.6) is 0 Å². The van der Waals surface area contributed by atoms with Gasteiger partial charge in [-0.2, -0.15) is 0 Å². The largest absolute Gasteiger partial charge is 0.314 e. The van der Waals surface area contributed by atoms with Gasteiger partial charge in [-0.05, 0) is 25.9 Å². The van der Waals surface area contributed by atoms with Crippen molar-refractivity contribution in [2.75, 3.05) is 26.7 Å². The van der Waals surface area contributed by atoms with E-state index in [1.807, 2.05) is 0 Å². The summed E-state index contributed by atoms with van der Waals surface area (Å²) in [5.74, 6) is 1.09. The first kappa shape index (κ1) is 7.56. The van der Waals surface area contributed by atoms with E-state index in [0.717, 1.165) is 12.0 Å². The van der Waals surface area contributed by atoms with E-state index in [-0.39, 0.29) is 0 Å². The Labute approximate surface area is 69.0 Å². The lowest BCUT2D eigenvalue weighted by Crippen LogP contribution is -2.56. The zero-order chi connectivity index (χ0) is 7.68. The number of rotatable bonds is 4. The van der Waals surface area contributed by atoms with E-state index in [1.54, 1.807) is 0 Å². The Balaban J connectivity index is 1.59. The maximum absolute atomic E-state index is 3.30. The number of hydrogen-bond acceptors (Lipinski definition) is 2. The van der Waals surface area contributed by atoms with Crippen LogP contribution in [-0.2, 0) is 0 Å². The number of likely N-dealkylation sites (N-methyl/N-ethyl adjacent to an activating group) is 1. The first-order valence-electron chi connectivity index (χ1n) is 4.77. The van der Waals surface area contributed by atoms with Gasteiger partial charge in [-0.1, -0.05) is 12.8 Å². The highest BCUT2D eigenvalue weighted by atomic mass is 15.2. The summed E-state index contributed by atoms with van der Waals surface area (Å²) >= 11 is 0. The molecule has 0 bridgehead atoms. The molecule has 0 radical (unpaired) electrons. The Kier molecular flexibility index (Phi) is 2.14. The van der Waals surface area contributed by atoms with E-state index < -0.39 is 0 Å². The highest BCUT2D eigenvalue weighted by Gasteiger charge is 2.25. The third kappa shape index (κ3) is 1.94. The highest BCUT2D eigenvalue weighted by molar-refractivity contribution is 4.84. The standard InChI is InChI=1S/C9H18N2/c1-11(9-6-10-7-9)5-4-8-2-3-8/h8-10H,2-7H2,1H3. The fourth-order valence-electron chi connectivity index (χ4n) is 1.56. The molecule has 2 fully saturated rings. The van der Waals surface area contributed by atoms with E-state index >= 15 is 0 Å². The van der Waals surface area contributed by atoms with Gasteiger partial charge in [0.25, 0.3) is 0 Å². The molecule has 2 aliphatic rings. The summed E-state index contributed by atoms with van der Waals surface area (Å²) in [6, 6.07) is 0.841. The average Bonchev–Trinajstić information content (AvgIpc) is 2.61. The lowest BCUT2D eigenvalue weighted by Gasteiger charge is -2.35. The van der Waals surface area contributed by atoms with Crippen LogP contribution in [0.4, 0.5) is 0 Å². The van der Waals surface area contributed by atoms with Gasteiger partial charge in [0.1, 0.15) is 0 Å². The number of nitrogens with one attached hydrogen (secondary N) is 1. The van der Waals surface area contributed by atoms with Crippen LogP contribution in [0.2, 0.25) is 0 Å². The average molecular weight is 154 g/mol. The Morgan fingerprint density at radius 3 is 2.55 bits per heavy atom. The summed E-state index contributed by atoms with van der Waals surface area (Å²) in [7, 11) is 2.26. The maximum atomic E-state index is 3.30. The normalized spacial score (nSPS) is 25.6. The summed E-state index contributed by atoms with van der Waals surface area (Å²) in [6.07, 6.45) is 4.43. The van der Waals surface area contributed by atoms with E-state index in [9.17, 15) is 0 Å². The topological polar surface area (TPSA) is 15.3 Å². The predicted molar refractivity (Wildman–Crippen MR) is 46.6 cm³/mol. The van der Waals surface area contributed by atoms with Gasteiger partial charge >= 0.3 is 0 Å². The lowest BCUT2D eigenvalue weighted by atomic mass is 10.1. The number of nitrogens with zero attached hydrogens (tertiary/aromatic N) is 1. The lowest BCUT2D eigenvalue weighted by molar-refractivity contribution is 0.176. The third-order valence-electron chi connectivity index (χ3n) is 2.97. The van der Waals surface area contributed by atoms with Crippen LogP contribution in [0.15, 0.2) is 0 Å². The fourth-order valence-corrected chi connectivity index (χ4v) is 1.56. The smallest absolute Gasteiger partial charge is 0.0342 e. The van der Waals surface area contributed by atoms with Crippen LogP contribution in [-0.4, -0.2) is 37.6 Å². The molecule has 0 aromatic carbocycles. The Morgan fingerprint density at radius 1 is 1.36 bits per heavy atom. The molecule has 1 saturated heterocycles. The molecule has 1 heterocycles. The molecule has 64 valence electrons. The summed E-state index contributed by atoms with van der Waals surface area (Å²) < 4.78 is 0. The molecule has 0 spiro atoms. The SMILES string of the molecule is CN(CCC1CC1)C1CNC1. The molecule has 2 nitrogen and oxygen atoms in total. The number of hydrogen-bond donors (Lipinski definition) is 1. The maximum Gasteiger partial charge on any atom is 0.0342 e. The summed E-state index contributed by atoms with van der Waals surface area (Å²) in [6.45, 7) is 3.74. The molecular weight excluding hydrogens is 136 g/mol. The van der Waals surface area contributed by atoms with Crippen LogP contribution >= 0.6 is 0 Å². The molecule has 1 aliphatic carbocycles. The van der Waals surface area contributed by atoms with Gasteiger partial charge in [-0.15, -0.1) is 0 Å². The van der Waals surface area contributed by atoms with Crippen molar-refractivity contribution in [1.29, 1.82) is 0 Å². The minimum absolute atomic E-state index is 0.841. The summed E-state index contributed by atoms with van der Waals surface area (Å²) in [5, 5.41) is 3.30. The van der Waals surface area contributed by atoms with Gasteiger partial charge in [0.15, 0.2) is 0 Å². The molecule has 11 heavy (non-hydrogen) atoms. The molecule has 1 N–H and O–H groups in total. The van der Waals surface area contributed by atoms with Gasteiger partial charge in [0.2, 0.25) is 0 Å². The summed E-state index contributed by atoms with van der Waals surface area (Å²) in [5.41, 5.74) is 0. The van der Waals surface area contributed by atoms with Crippen LogP contribution in [0.25, 0.3) is 0 Å². The Bertz CT molecular complexity index is 128. The summed E-state index contributed by atoms with van der Waals surface area (Å²) in [4.78, 5) is 2.51. The Morgan fingerprint density at radius 2 is 2.09 bits per heavy atom. The molecule has 1 saturated carbocycles. The first-order valence-corrected chi connectivity index (χ1v) is 4.77. The van der Waals surface area contributed by atoms with Crippen LogP contribution < -0.4 is 5.32 Å². The van der Waals surface area contributed by atoms with E-state index in [2.05, 4.69) is 17.3 Å². The monoisotopic (exact) mass is 154 g/mol. The molecule has 0 aromatic heterocycles. The molecule has 0 atom stereocenters. The van der Waals surface area contributed by atoms with Crippen molar-refractivity contribution >= 4 is 0 Å². The van der Waals surface area contributed by atoms with E-state index in [4.69, 9.17) is 0 Å². The zero-order valence-corrected chi connectivity index (χ0v) is 7.34. The molecule has 0 aromatic rings. The van der Waals surface area contributed by atoms with Crippen LogP contribution in [0.3, 0.4) is 0 Å². The van der Waals surface area contributed by atoms with Crippen LogP contribution in [0.1, 0.15) is 19.3 Å². The second-order valence-corrected chi connectivity index (χ2v) is 4.02. The van der Waals surface area contributed by atoms with E-state index in [1.165, 1.54) is 38.9 Å². The van der Waals surface area contributed by atoms with Crippen molar-refractivity contribution in [3.05, 3.63) is 0 Å². The van der Waals surface area contributed by atoms with Crippen molar-refractivity contribution in [3.63, 3.8) is 0 Å². The van der Waals surface area contributed by atoms with Crippen molar-refractivity contribution in [1.82, 2.24) is 10.2 Å². The molecule has 0 amide bonds. The zero-order valence-electron chi connectivity index (χ0n) is 7.34. The molecule has 2 rings (SSSR count). The van der Waals surface area contributed by atoms with Gasteiger partial charge in [-0.3, -0.25) is 0 Å². The van der Waals surface area contributed by atoms with Gasteiger partial charge in [0.05, 0.1) is 0 Å². The molecule has 1 aliphatic heterocycles. The third-order valence-corrected chi connectivity index (χ3v) is 2.97. The van der Waals surface area contributed by atoms with Crippen molar-refractivity contribution in [3.8, 4) is 0 Å². The highest BCUT2D eigenvalue weighted by Crippen LogP contribution is 2.32. The minimum atomic E-state index is 0.841. The van der Waals surface area contributed by atoms with Gasteiger partial charge < -0.3 is 10.2 Å². The van der Waals surface area contributed by atoms with Crippen LogP contribution in [0, 0.1) is 5.92 Å². The molecule has 2 heteroatoms. The van der Waals surface area contributed by atoms with E-state index in [0.29, 0.717) is 0 Å². The van der Waals surface area contributed by atoms with Crippen molar-refractivity contribution in [2.45, 2.75) is 25.3 Å². The molecule has 0 unspecified atom stereocenters. The van der Waals surface area contributed by atoms with Crippen molar-refractivity contribution < 1.29 is 0 Å². The van der Waals surface area contributed by atoms with Gasteiger partial charge in [-0.25, -0.2) is 0 Å². The first-order chi connectivity index (χ1) is 5.36. The van der Waals surface area contributed by atoms with Gasteiger partial charge in [0, 0.05) is 19.1 Å². The van der Waals surface area contributed by atoms with Crippen molar-refractivity contribution in [2.24, 2.45) is 5.92 Å². The second kappa shape index (κ2) is 3.11. The Hall–Kier alpha value is -0.0800.